The van der Waals surface area contributed by atoms with Crippen LogP contribution in [0, 0.1) is 18.3 Å². The van der Waals surface area contributed by atoms with Crippen molar-refractivity contribution >= 4 is 0 Å². The van der Waals surface area contributed by atoms with Crippen LogP contribution in [0.5, 0.6) is 0 Å². The zero-order valence-electron chi connectivity index (χ0n) is 9.42. The van der Waals surface area contributed by atoms with E-state index in [9.17, 15) is 0 Å². The van der Waals surface area contributed by atoms with Crippen molar-refractivity contribution in [1.82, 2.24) is 10.2 Å². The topological polar surface area (TPSA) is 15.3 Å². The Bertz CT molecular complexity index is 187. The summed E-state index contributed by atoms with van der Waals surface area (Å²) in [7, 11) is 2.02. The lowest BCUT2D eigenvalue weighted by molar-refractivity contribution is 0.162. The molecule has 1 heterocycles. The van der Waals surface area contributed by atoms with Crippen LogP contribution in [0.4, 0.5) is 0 Å². The van der Waals surface area contributed by atoms with Crippen molar-refractivity contribution in [3.05, 3.63) is 0 Å². The fraction of sp³-hybridized carbons (Fsp3) is 0.833. The second kappa shape index (κ2) is 6.06. The molecule has 0 saturated carbocycles. The number of likely N-dealkylation sites (tertiary alicyclic amines) is 1. The van der Waals surface area contributed by atoms with Crippen molar-refractivity contribution < 1.29 is 0 Å². The molecule has 0 amide bonds. The Kier molecular flexibility index (Phi) is 5.00. The molecule has 1 aliphatic heterocycles. The third-order valence-electron chi connectivity index (χ3n) is 3.24. The molecular weight excluding hydrogens is 172 g/mol. The predicted octanol–water partition coefficient (Wildman–Crippen LogP) is 1.33. The van der Waals surface area contributed by atoms with Crippen molar-refractivity contribution in [2.75, 3.05) is 26.7 Å². The molecule has 0 aromatic rings. The van der Waals surface area contributed by atoms with Crippen LogP contribution in [0.15, 0.2) is 0 Å². The number of terminal acetylenes is 1. The average molecular weight is 194 g/mol. The minimum absolute atomic E-state index is 0.320. The van der Waals surface area contributed by atoms with Gasteiger partial charge < -0.3 is 5.32 Å². The van der Waals surface area contributed by atoms with E-state index in [4.69, 9.17) is 6.42 Å². The van der Waals surface area contributed by atoms with Crippen molar-refractivity contribution in [3.63, 3.8) is 0 Å². The Hall–Kier alpha value is -0.520. The molecule has 0 aromatic heterocycles. The summed E-state index contributed by atoms with van der Waals surface area (Å²) in [6, 6.07) is 0.320. The van der Waals surface area contributed by atoms with Crippen molar-refractivity contribution in [3.8, 4) is 12.3 Å². The van der Waals surface area contributed by atoms with Crippen LogP contribution < -0.4 is 5.32 Å². The summed E-state index contributed by atoms with van der Waals surface area (Å²) in [5.74, 6) is 3.71. The molecule has 0 aromatic carbocycles. The number of hydrogen-bond donors (Lipinski definition) is 1. The molecule has 1 aliphatic rings. The van der Waals surface area contributed by atoms with E-state index in [1.807, 2.05) is 7.05 Å². The highest BCUT2D eigenvalue weighted by atomic mass is 15.1. The molecule has 0 aliphatic carbocycles. The summed E-state index contributed by atoms with van der Waals surface area (Å²) in [5, 5.41) is 3.21. The van der Waals surface area contributed by atoms with Crippen molar-refractivity contribution in [2.24, 2.45) is 5.92 Å². The quantitative estimate of drug-likeness (QED) is 0.679. The second-order valence-corrected chi connectivity index (χ2v) is 4.21. The summed E-state index contributed by atoms with van der Waals surface area (Å²) in [6.07, 6.45) is 9.36. The number of hydrogen-bond acceptors (Lipinski definition) is 2. The molecule has 0 radical (unpaired) electrons. The van der Waals surface area contributed by atoms with E-state index in [0.717, 1.165) is 12.5 Å². The Morgan fingerprint density at radius 2 is 2.14 bits per heavy atom. The van der Waals surface area contributed by atoms with Crippen LogP contribution in [-0.2, 0) is 0 Å². The van der Waals surface area contributed by atoms with Gasteiger partial charge in [0.15, 0.2) is 0 Å². The fourth-order valence-electron chi connectivity index (χ4n) is 2.08. The number of nitrogens with zero attached hydrogens (tertiary/aromatic N) is 1. The van der Waals surface area contributed by atoms with Gasteiger partial charge >= 0.3 is 0 Å². The van der Waals surface area contributed by atoms with Crippen molar-refractivity contribution in [1.29, 1.82) is 0 Å². The summed E-state index contributed by atoms with van der Waals surface area (Å²) in [5.41, 5.74) is 0. The first-order chi connectivity index (χ1) is 6.77. The van der Waals surface area contributed by atoms with E-state index in [1.54, 1.807) is 0 Å². The summed E-state index contributed by atoms with van der Waals surface area (Å²) in [4.78, 5) is 2.41. The van der Waals surface area contributed by atoms with Gasteiger partial charge in [0.05, 0.1) is 6.04 Å². The highest BCUT2D eigenvalue weighted by molar-refractivity contribution is 4.98. The molecule has 0 bridgehead atoms. The molecule has 14 heavy (non-hydrogen) atoms. The minimum atomic E-state index is 0.320. The van der Waals surface area contributed by atoms with Gasteiger partial charge in [-0.25, -0.2) is 0 Å². The van der Waals surface area contributed by atoms with Gasteiger partial charge in [0.1, 0.15) is 0 Å². The highest BCUT2D eigenvalue weighted by Crippen LogP contribution is 2.21. The lowest BCUT2D eigenvalue weighted by Crippen LogP contribution is -2.39. The van der Waals surface area contributed by atoms with E-state index in [0.29, 0.717) is 6.04 Å². The van der Waals surface area contributed by atoms with Gasteiger partial charge in [-0.2, -0.15) is 0 Å². The van der Waals surface area contributed by atoms with Crippen LogP contribution in [0.3, 0.4) is 0 Å². The van der Waals surface area contributed by atoms with Crippen LogP contribution in [0.1, 0.15) is 26.2 Å². The van der Waals surface area contributed by atoms with E-state index in [1.165, 1.54) is 32.4 Å². The van der Waals surface area contributed by atoms with Crippen LogP contribution in [0.2, 0.25) is 0 Å². The maximum Gasteiger partial charge on any atom is 0.0683 e. The van der Waals surface area contributed by atoms with Gasteiger partial charge in [0.2, 0.25) is 0 Å². The van der Waals surface area contributed by atoms with E-state index >= 15 is 0 Å². The van der Waals surface area contributed by atoms with Gasteiger partial charge in [0, 0.05) is 0 Å². The van der Waals surface area contributed by atoms with Gasteiger partial charge in [-0.15, -0.1) is 6.42 Å². The van der Waals surface area contributed by atoms with Crippen LogP contribution in [-0.4, -0.2) is 37.6 Å². The summed E-state index contributed by atoms with van der Waals surface area (Å²) >= 11 is 0. The van der Waals surface area contributed by atoms with Gasteiger partial charge in [-0.3, -0.25) is 4.90 Å². The smallest absolute Gasteiger partial charge is 0.0683 e. The molecule has 2 nitrogen and oxygen atoms in total. The third-order valence-corrected chi connectivity index (χ3v) is 3.24. The molecule has 1 atom stereocenters. The third kappa shape index (κ3) is 3.32. The normalized spacial score (nSPS) is 21.8. The molecule has 1 unspecified atom stereocenters. The fourth-order valence-corrected chi connectivity index (χ4v) is 2.08. The molecule has 80 valence electrons. The first-order valence-corrected chi connectivity index (χ1v) is 5.62. The first-order valence-electron chi connectivity index (χ1n) is 5.62. The lowest BCUT2D eigenvalue weighted by Gasteiger charge is -2.34. The minimum Gasteiger partial charge on any atom is -0.320 e. The van der Waals surface area contributed by atoms with Crippen LogP contribution in [0.25, 0.3) is 0 Å². The number of piperidine rings is 1. The first kappa shape index (κ1) is 11.6. The average Bonchev–Trinajstić information content (AvgIpc) is 2.26. The van der Waals surface area contributed by atoms with Gasteiger partial charge in [-0.05, 0) is 58.8 Å². The molecule has 2 heteroatoms. The van der Waals surface area contributed by atoms with E-state index in [-0.39, 0.29) is 0 Å². The standard InChI is InChI=1S/C12H22N2/c1-4-11(2)14-9-6-12(7-10-14)5-8-13-3/h1,11-13H,5-10H2,2-3H3. The highest BCUT2D eigenvalue weighted by Gasteiger charge is 2.20. The molecular formula is C12H22N2. The number of rotatable bonds is 4. The summed E-state index contributed by atoms with van der Waals surface area (Å²) in [6.45, 7) is 5.63. The van der Waals surface area contributed by atoms with Gasteiger partial charge in [-0.1, -0.05) is 5.92 Å². The van der Waals surface area contributed by atoms with Crippen LogP contribution >= 0.6 is 0 Å². The van der Waals surface area contributed by atoms with Gasteiger partial charge in [0.25, 0.3) is 0 Å². The molecule has 1 N–H and O–H groups in total. The molecule has 1 saturated heterocycles. The Labute approximate surface area is 88.1 Å². The molecule has 0 spiro atoms. The summed E-state index contributed by atoms with van der Waals surface area (Å²) < 4.78 is 0. The van der Waals surface area contributed by atoms with E-state index in [2.05, 4.69) is 23.1 Å². The second-order valence-electron chi connectivity index (χ2n) is 4.21. The number of nitrogens with one attached hydrogen (secondary N) is 1. The van der Waals surface area contributed by atoms with Crippen molar-refractivity contribution in [2.45, 2.75) is 32.2 Å². The zero-order valence-corrected chi connectivity index (χ0v) is 9.42. The SMILES string of the molecule is C#CC(C)N1CCC(CCNC)CC1. The largest absolute Gasteiger partial charge is 0.320 e. The Balaban J connectivity index is 2.21. The predicted molar refractivity (Wildman–Crippen MR) is 61.1 cm³/mol. The Morgan fingerprint density at radius 3 is 2.64 bits per heavy atom. The molecule has 1 fully saturated rings. The molecule has 1 rings (SSSR count). The monoisotopic (exact) mass is 194 g/mol. The maximum absolute atomic E-state index is 5.42. The lowest BCUT2D eigenvalue weighted by atomic mass is 9.93. The zero-order chi connectivity index (χ0) is 10.4. The maximum atomic E-state index is 5.42. The van der Waals surface area contributed by atoms with E-state index < -0.39 is 0 Å². The Morgan fingerprint density at radius 1 is 1.50 bits per heavy atom.